The van der Waals surface area contributed by atoms with Crippen molar-refractivity contribution in [3.8, 4) is 5.75 Å². The summed E-state index contributed by atoms with van der Waals surface area (Å²) in [4.78, 5) is 16.0. The van der Waals surface area contributed by atoms with Crippen LogP contribution in [0.3, 0.4) is 0 Å². The first-order chi connectivity index (χ1) is 14.0. The van der Waals surface area contributed by atoms with Crippen molar-refractivity contribution in [1.82, 2.24) is 9.21 Å². The molecule has 1 aromatic carbocycles. The Morgan fingerprint density at radius 3 is 2.59 bits per heavy atom. The van der Waals surface area contributed by atoms with Gasteiger partial charge in [-0.3, -0.25) is 4.79 Å². The average Bonchev–Trinajstić information content (AvgIpc) is 3.44. The summed E-state index contributed by atoms with van der Waals surface area (Å²) in [5, 5.41) is 1.96. The summed E-state index contributed by atoms with van der Waals surface area (Å²) in [5.41, 5.74) is 0.316. The fourth-order valence-electron chi connectivity index (χ4n) is 3.31. The van der Waals surface area contributed by atoms with Crippen LogP contribution < -0.4 is 4.74 Å². The van der Waals surface area contributed by atoms with Gasteiger partial charge < -0.3 is 14.4 Å². The standard InChI is InChI=1S/C20H26N2O5S2/c1-26-12-11-21(15-17-6-5-13-28-17)20(23)16-7-8-18(27-2)19(14-16)29(24,25)22-9-3-4-10-22/h5-8,13-14H,3-4,9-12,15H2,1-2H3. The third kappa shape index (κ3) is 4.98. The number of benzene rings is 1. The minimum atomic E-state index is -3.72. The topological polar surface area (TPSA) is 76.1 Å². The van der Waals surface area contributed by atoms with Gasteiger partial charge in [-0.05, 0) is 42.5 Å². The molecule has 0 unspecified atom stereocenters. The Bertz CT molecular complexity index is 922. The highest BCUT2D eigenvalue weighted by molar-refractivity contribution is 7.89. The van der Waals surface area contributed by atoms with E-state index in [9.17, 15) is 13.2 Å². The van der Waals surface area contributed by atoms with Crippen LogP contribution in [0.25, 0.3) is 0 Å². The van der Waals surface area contributed by atoms with Gasteiger partial charge in [0.05, 0.1) is 20.3 Å². The zero-order chi connectivity index (χ0) is 20.9. The molecule has 7 nitrogen and oxygen atoms in total. The zero-order valence-electron chi connectivity index (χ0n) is 16.7. The van der Waals surface area contributed by atoms with Crippen LogP contribution in [0.15, 0.2) is 40.6 Å². The molecule has 29 heavy (non-hydrogen) atoms. The van der Waals surface area contributed by atoms with Gasteiger partial charge in [-0.25, -0.2) is 8.42 Å². The highest BCUT2D eigenvalue weighted by Crippen LogP contribution is 2.30. The van der Waals surface area contributed by atoms with Crippen molar-refractivity contribution in [1.29, 1.82) is 0 Å². The van der Waals surface area contributed by atoms with Crippen molar-refractivity contribution >= 4 is 27.3 Å². The second-order valence-corrected chi connectivity index (χ2v) is 9.71. The molecule has 0 atom stereocenters. The Labute approximate surface area is 175 Å². The van der Waals surface area contributed by atoms with E-state index < -0.39 is 10.0 Å². The Hall–Kier alpha value is -1.94. The van der Waals surface area contributed by atoms with Crippen molar-refractivity contribution in [2.45, 2.75) is 24.3 Å². The second kappa shape index (κ2) is 9.71. The minimum absolute atomic E-state index is 0.0376. The lowest BCUT2D eigenvalue weighted by molar-refractivity contribution is 0.0682. The smallest absolute Gasteiger partial charge is 0.254 e. The number of nitrogens with zero attached hydrogens (tertiary/aromatic N) is 2. The van der Waals surface area contributed by atoms with Gasteiger partial charge in [0.2, 0.25) is 10.0 Å². The lowest BCUT2D eigenvalue weighted by atomic mass is 10.2. The van der Waals surface area contributed by atoms with Crippen LogP contribution >= 0.6 is 11.3 Å². The first-order valence-corrected chi connectivity index (χ1v) is 11.8. The molecule has 1 aromatic heterocycles. The Morgan fingerprint density at radius 2 is 1.97 bits per heavy atom. The molecule has 0 spiro atoms. The maximum absolute atomic E-state index is 13.2. The second-order valence-electron chi connectivity index (χ2n) is 6.78. The molecular weight excluding hydrogens is 412 g/mol. The summed E-state index contributed by atoms with van der Waals surface area (Å²) in [6.07, 6.45) is 1.68. The molecule has 9 heteroatoms. The first kappa shape index (κ1) is 21.8. The third-order valence-corrected chi connectivity index (χ3v) is 7.65. The van der Waals surface area contributed by atoms with E-state index in [1.165, 1.54) is 17.5 Å². The van der Waals surface area contributed by atoms with E-state index in [2.05, 4.69) is 0 Å². The van der Waals surface area contributed by atoms with Gasteiger partial charge >= 0.3 is 0 Å². The quantitative estimate of drug-likeness (QED) is 0.602. The lowest BCUT2D eigenvalue weighted by Crippen LogP contribution is -2.33. The molecule has 1 aliphatic heterocycles. The van der Waals surface area contributed by atoms with E-state index in [1.54, 1.807) is 35.5 Å². The van der Waals surface area contributed by atoms with Gasteiger partial charge in [-0.1, -0.05) is 6.07 Å². The van der Waals surface area contributed by atoms with Gasteiger partial charge in [0.1, 0.15) is 10.6 Å². The maximum Gasteiger partial charge on any atom is 0.254 e. The fourth-order valence-corrected chi connectivity index (χ4v) is 5.72. The van der Waals surface area contributed by atoms with Crippen molar-refractivity contribution < 1.29 is 22.7 Å². The number of hydrogen-bond acceptors (Lipinski definition) is 6. The molecule has 0 radical (unpaired) electrons. The van der Waals surface area contributed by atoms with E-state index in [0.29, 0.717) is 38.3 Å². The number of thiophene rings is 1. The van der Waals surface area contributed by atoms with Gasteiger partial charge in [-0.15, -0.1) is 11.3 Å². The number of hydrogen-bond donors (Lipinski definition) is 0. The average molecular weight is 439 g/mol. The van der Waals surface area contributed by atoms with Gasteiger partial charge in [0.15, 0.2) is 0 Å². The summed E-state index contributed by atoms with van der Waals surface area (Å²) < 4.78 is 38.1. The predicted octanol–water partition coefficient (Wildman–Crippen LogP) is 2.83. The molecule has 2 aromatic rings. The maximum atomic E-state index is 13.2. The van der Waals surface area contributed by atoms with E-state index in [0.717, 1.165) is 17.7 Å². The molecule has 0 N–H and O–H groups in total. The van der Waals surface area contributed by atoms with Gasteiger partial charge in [0, 0.05) is 37.2 Å². The summed E-state index contributed by atoms with van der Waals surface area (Å²) in [5.74, 6) is 0.00567. The number of carbonyl (C=O) groups excluding carboxylic acids is 1. The van der Waals surface area contributed by atoms with E-state index >= 15 is 0 Å². The largest absolute Gasteiger partial charge is 0.495 e. The molecule has 1 aliphatic rings. The van der Waals surface area contributed by atoms with Crippen LogP contribution in [0.5, 0.6) is 5.75 Å². The van der Waals surface area contributed by atoms with Gasteiger partial charge in [-0.2, -0.15) is 4.31 Å². The minimum Gasteiger partial charge on any atom is -0.495 e. The SMILES string of the molecule is COCCN(Cc1cccs1)C(=O)c1ccc(OC)c(S(=O)(=O)N2CCCC2)c1. The summed E-state index contributed by atoms with van der Waals surface area (Å²) in [6, 6.07) is 8.50. The molecule has 1 amide bonds. The monoisotopic (exact) mass is 438 g/mol. The predicted molar refractivity (Wildman–Crippen MR) is 112 cm³/mol. The Balaban J connectivity index is 1.92. The number of amides is 1. The molecule has 0 aliphatic carbocycles. The molecular formula is C20H26N2O5S2. The Morgan fingerprint density at radius 1 is 1.21 bits per heavy atom. The molecule has 1 saturated heterocycles. The first-order valence-electron chi connectivity index (χ1n) is 9.46. The van der Waals surface area contributed by atoms with Crippen molar-refractivity contribution in [3.05, 3.63) is 46.2 Å². The lowest BCUT2D eigenvalue weighted by Gasteiger charge is -2.23. The van der Waals surface area contributed by atoms with E-state index in [4.69, 9.17) is 9.47 Å². The van der Waals surface area contributed by atoms with Crippen LogP contribution in [-0.4, -0.2) is 64.0 Å². The number of carbonyl (C=O) groups is 1. The van der Waals surface area contributed by atoms with Crippen molar-refractivity contribution in [2.75, 3.05) is 40.5 Å². The number of ether oxygens (including phenoxy) is 2. The van der Waals surface area contributed by atoms with Crippen molar-refractivity contribution in [3.63, 3.8) is 0 Å². The normalized spacial score (nSPS) is 14.8. The molecule has 0 bridgehead atoms. The highest BCUT2D eigenvalue weighted by atomic mass is 32.2. The van der Waals surface area contributed by atoms with Crippen LogP contribution in [-0.2, 0) is 21.3 Å². The van der Waals surface area contributed by atoms with Crippen LogP contribution in [0.2, 0.25) is 0 Å². The third-order valence-electron chi connectivity index (χ3n) is 4.87. The molecule has 158 valence electrons. The summed E-state index contributed by atoms with van der Waals surface area (Å²) in [7, 11) is -0.698. The Kier molecular flexibility index (Phi) is 7.28. The zero-order valence-corrected chi connectivity index (χ0v) is 18.3. The molecule has 1 fully saturated rings. The number of sulfonamides is 1. The van der Waals surface area contributed by atoms with Crippen LogP contribution in [0, 0.1) is 0 Å². The fraction of sp³-hybridized carbons (Fsp3) is 0.450. The summed E-state index contributed by atoms with van der Waals surface area (Å²) >= 11 is 1.57. The van der Waals surface area contributed by atoms with Crippen molar-refractivity contribution in [2.24, 2.45) is 0 Å². The molecule has 2 heterocycles. The van der Waals surface area contributed by atoms with Crippen LogP contribution in [0.1, 0.15) is 28.1 Å². The number of rotatable bonds is 9. The number of methoxy groups -OCH3 is 2. The highest BCUT2D eigenvalue weighted by Gasteiger charge is 2.31. The van der Waals surface area contributed by atoms with Gasteiger partial charge in [0.25, 0.3) is 5.91 Å². The summed E-state index contributed by atoms with van der Waals surface area (Å²) in [6.45, 7) is 2.23. The van der Waals surface area contributed by atoms with E-state index in [1.807, 2.05) is 17.5 Å². The molecule has 3 rings (SSSR count). The van der Waals surface area contributed by atoms with Crippen LogP contribution in [0.4, 0.5) is 0 Å². The van der Waals surface area contributed by atoms with E-state index in [-0.39, 0.29) is 16.6 Å². The molecule has 0 saturated carbocycles.